The minimum Gasteiger partial charge on any atom is -0.376 e. The van der Waals surface area contributed by atoms with Crippen LogP contribution in [0, 0.1) is 0 Å². The standard InChI is InChI=1S/C22H21N3O4/c26-20-12-17(15-7-1-3-9-18(15)24-20)22(28)25-19-10-4-2-8-16(19)21(27)23-13-14-6-5-11-29-14/h1-4,7-10,12,14H,5-6,11,13H2,(H,23,27)(H,24,26)(H,25,28). The highest BCUT2D eigenvalue weighted by molar-refractivity contribution is 6.14. The van der Waals surface area contributed by atoms with Gasteiger partial charge < -0.3 is 20.4 Å². The van der Waals surface area contributed by atoms with Crippen LogP contribution in [0.1, 0.15) is 33.6 Å². The number of benzene rings is 2. The first-order valence-electron chi connectivity index (χ1n) is 9.54. The molecule has 1 saturated heterocycles. The van der Waals surface area contributed by atoms with E-state index in [1.54, 1.807) is 48.5 Å². The number of hydrogen-bond acceptors (Lipinski definition) is 4. The molecule has 1 fully saturated rings. The second kappa shape index (κ2) is 8.28. The molecule has 3 N–H and O–H groups in total. The zero-order chi connectivity index (χ0) is 20.2. The number of amides is 2. The molecule has 2 heterocycles. The van der Waals surface area contributed by atoms with Gasteiger partial charge in [0.15, 0.2) is 0 Å². The molecule has 2 amide bonds. The summed E-state index contributed by atoms with van der Waals surface area (Å²) in [6.07, 6.45) is 1.95. The quantitative estimate of drug-likeness (QED) is 0.623. The highest BCUT2D eigenvalue weighted by Gasteiger charge is 2.19. The summed E-state index contributed by atoms with van der Waals surface area (Å²) >= 11 is 0. The van der Waals surface area contributed by atoms with Crippen molar-refractivity contribution in [3.05, 3.63) is 76.1 Å². The van der Waals surface area contributed by atoms with Crippen LogP contribution in [0.15, 0.2) is 59.4 Å². The number of para-hydroxylation sites is 2. The third kappa shape index (κ3) is 4.20. The Bertz CT molecular complexity index is 1120. The van der Waals surface area contributed by atoms with E-state index in [9.17, 15) is 14.4 Å². The van der Waals surface area contributed by atoms with E-state index in [0.29, 0.717) is 28.7 Å². The maximum atomic E-state index is 12.9. The lowest BCUT2D eigenvalue weighted by molar-refractivity contribution is 0.0858. The van der Waals surface area contributed by atoms with E-state index in [2.05, 4.69) is 15.6 Å². The second-order valence-electron chi connectivity index (χ2n) is 6.94. The van der Waals surface area contributed by atoms with Gasteiger partial charge in [-0.1, -0.05) is 30.3 Å². The summed E-state index contributed by atoms with van der Waals surface area (Å²) in [6.45, 7) is 1.15. The highest BCUT2D eigenvalue weighted by atomic mass is 16.5. The van der Waals surface area contributed by atoms with E-state index < -0.39 is 5.91 Å². The molecule has 0 bridgehead atoms. The Morgan fingerprint density at radius 2 is 1.83 bits per heavy atom. The average Bonchev–Trinajstić information content (AvgIpc) is 3.25. The lowest BCUT2D eigenvalue weighted by Crippen LogP contribution is -2.32. The van der Waals surface area contributed by atoms with E-state index in [0.717, 1.165) is 19.4 Å². The summed E-state index contributed by atoms with van der Waals surface area (Å²) in [6, 6.07) is 15.1. The molecule has 0 radical (unpaired) electrons. The minimum atomic E-state index is -0.452. The van der Waals surface area contributed by atoms with Crippen LogP contribution in [0.2, 0.25) is 0 Å². The second-order valence-corrected chi connectivity index (χ2v) is 6.94. The number of H-pyrrole nitrogens is 1. The molecule has 29 heavy (non-hydrogen) atoms. The van der Waals surface area contributed by atoms with Gasteiger partial charge in [0.25, 0.3) is 11.8 Å². The molecule has 1 unspecified atom stereocenters. The van der Waals surface area contributed by atoms with Gasteiger partial charge in [-0.2, -0.15) is 0 Å². The summed E-state index contributed by atoms with van der Waals surface area (Å²) in [7, 11) is 0. The Morgan fingerprint density at radius 3 is 2.66 bits per heavy atom. The SMILES string of the molecule is O=C(NCC1CCCO1)c1ccccc1NC(=O)c1cc(=O)[nH]c2ccccc12. The van der Waals surface area contributed by atoms with Crippen molar-refractivity contribution in [1.29, 1.82) is 0 Å². The molecule has 7 nitrogen and oxygen atoms in total. The smallest absolute Gasteiger partial charge is 0.256 e. The summed E-state index contributed by atoms with van der Waals surface area (Å²) in [5, 5.41) is 6.26. The van der Waals surface area contributed by atoms with Gasteiger partial charge in [0.1, 0.15) is 0 Å². The van der Waals surface area contributed by atoms with Crippen molar-refractivity contribution in [3.63, 3.8) is 0 Å². The van der Waals surface area contributed by atoms with Crippen molar-refractivity contribution in [2.24, 2.45) is 0 Å². The van der Waals surface area contributed by atoms with Crippen LogP contribution >= 0.6 is 0 Å². The molecular weight excluding hydrogens is 370 g/mol. The number of carbonyl (C=O) groups excluding carboxylic acids is 2. The molecule has 7 heteroatoms. The summed E-state index contributed by atoms with van der Waals surface area (Å²) < 4.78 is 5.53. The van der Waals surface area contributed by atoms with Gasteiger partial charge in [-0.3, -0.25) is 14.4 Å². The Kier molecular flexibility index (Phi) is 5.39. The molecule has 148 valence electrons. The van der Waals surface area contributed by atoms with Crippen LogP contribution < -0.4 is 16.2 Å². The van der Waals surface area contributed by atoms with Gasteiger partial charge in [0.2, 0.25) is 5.56 Å². The van der Waals surface area contributed by atoms with Crippen molar-refractivity contribution in [2.75, 3.05) is 18.5 Å². The van der Waals surface area contributed by atoms with Crippen LogP contribution in [0.3, 0.4) is 0 Å². The molecule has 4 rings (SSSR count). The number of fused-ring (bicyclic) bond motifs is 1. The van der Waals surface area contributed by atoms with E-state index in [1.165, 1.54) is 6.07 Å². The van der Waals surface area contributed by atoms with E-state index in [-0.39, 0.29) is 23.1 Å². The maximum Gasteiger partial charge on any atom is 0.256 e. The molecule has 1 aliphatic rings. The third-order valence-electron chi connectivity index (χ3n) is 4.93. The predicted octanol–water partition coefficient (Wildman–Crippen LogP) is 2.69. The Morgan fingerprint density at radius 1 is 1.03 bits per heavy atom. The lowest BCUT2D eigenvalue weighted by atomic mass is 10.1. The maximum absolute atomic E-state index is 12.9. The van der Waals surface area contributed by atoms with Crippen LogP contribution in [-0.2, 0) is 4.74 Å². The Hall–Kier alpha value is -3.45. The van der Waals surface area contributed by atoms with E-state index in [1.807, 2.05) is 0 Å². The summed E-state index contributed by atoms with van der Waals surface area (Å²) in [5.41, 5.74) is 1.20. The van der Waals surface area contributed by atoms with Crippen molar-refractivity contribution >= 4 is 28.4 Å². The summed E-state index contributed by atoms with van der Waals surface area (Å²) in [4.78, 5) is 40.2. The zero-order valence-corrected chi connectivity index (χ0v) is 15.7. The molecule has 3 aromatic rings. The highest BCUT2D eigenvalue weighted by Crippen LogP contribution is 2.20. The van der Waals surface area contributed by atoms with Crippen LogP contribution in [0.25, 0.3) is 10.9 Å². The van der Waals surface area contributed by atoms with Gasteiger partial charge in [-0.25, -0.2) is 0 Å². The predicted molar refractivity (Wildman–Crippen MR) is 110 cm³/mol. The topological polar surface area (TPSA) is 100 Å². The first-order chi connectivity index (χ1) is 14.1. The van der Waals surface area contributed by atoms with Gasteiger partial charge in [0, 0.05) is 30.1 Å². The van der Waals surface area contributed by atoms with Gasteiger partial charge >= 0.3 is 0 Å². The first-order valence-corrected chi connectivity index (χ1v) is 9.54. The van der Waals surface area contributed by atoms with E-state index >= 15 is 0 Å². The van der Waals surface area contributed by atoms with Crippen molar-refractivity contribution in [3.8, 4) is 0 Å². The van der Waals surface area contributed by atoms with Gasteiger partial charge in [-0.15, -0.1) is 0 Å². The van der Waals surface area contributed by atoms with Crippen molar-refractivity contribution in [2.45, 2.75) is 18.9 Å². The van der Waals surface area contributed by atoms with Crippen molar-refractivity contribution < 1.29 is 14.3 Å². The Balaban J connectivity index is 1.56. The largest absolute Gasteiger partial charge is 0.376 e. The average molecular weight is 391 g/mol. The number of aromatic nitrogens is 1. The number of hydrogen-bond donors (Lipinski definition) is 3. The van der Waals surface area contributed by atoms with Crippen LogP contribution in [0.4, 0.5) is 5.69 Å². The first kappa shape index (κ1) is 18.9. The number of nitrogens with one attached hydrogen (secondary N) is 3. The lowest BCUT2D eigenvalue weighted by Gasteiger charge is -2.14. The van der Waals surface area contributed by atoms with E-state index in [4.69, 9.17) is 4.74 Å². The molecule has 0 saturated carbocycles. The van der Waals surface area contributed by atoms with Crippen LogP contribution in [0.5, 0.6) is 0 Å². The number of rotatable bonds is 5. The van der Waals surface area contributed by atoms with Crippen LogP contribution in [-0.4, -0.2) is 36.1 Å². The number of carbonyl (C=O) groups is 2. The number of pyridine rings is 1. The normalized spacial score (nSPS) is 15.9. The molecule has 0 aliphatic carbocycles. The third-order valence-corrected chi connectivity index (χ3v) is 4.93. The number of ether oxygens (including phenoxy) is 1. The molecule has 1 aliphatic heterocycles. The molecule has 2 aromatic carbocycles. The fourth-order valence-electron chi connectivity index (χ4n) is 3.48. The summed E-state index contributed by atoms with van der Waals surface area (Å²) in [5.74, 6) is -0.737. The van der Waals surface area contributed by atoms with Gasteiger partial charge in [-0.05, 0) is 31.0 Å². The molecule has 0 spiro atoms. The number of aromatic amines is 1. The monoisotopic (exact) mass is 391 g/mol. The fourth-order valence-corrected chi connectivity index (χ4v) is 3.48. The zero-order valence-electron chi connectivity index (χ0n) is 15.7. The molecule has 1 aromatic heterocycles. The van der Waals surface area contributed by atoms with Gasteiger partial charge in [0.05, 0.1) is 22.9 Å². The fraction of sp³-hybridized carbons (Fsp3) is 0.227. The molecular formula is C22H21N3O4. The minimum absolute atomic E-state index is 0.0307. The van der Waals surface area contributed by atoms with Crippen molar-refractivity contribution in [1.82, 2.24) is 10.3 Å². The molecule has 1 atom stereocenters. The Labute approximate surface area is 167 Å². The number of anilines is 1.